The Morgan fingerprint density at radius 2 is 1.68 bits per heavy atom. The molecule has 0 radical (unpaired) electrons. The summed E-state index contributed by atoms with van der Waals surface area (Å²) < 4.78 is 28.2. The molecule has 2 aromatic rings. The van der Waals surface area contributed by atoms with Crippen LogP contribution in [0.15, 0.2) is 41.3 Å². The molecule has 0 atom stereocenters. The average molecular weight is 385 g/mol. The number of hydrogen-bond donors (Lipinski definition) is 0. The SMILES string of the molecule is CC(=O)Cc1cccc(Cn2cc(B3OC(C)(C)C(C)(C)O3)ccc2=O)c1F. The third kappa shape index (κ3) is 3.96. The maximum Gasteiger partial charge on any atom is 0.496 e. The van der Waals surface area contributed by atoms with Gasteiger partial charge in [0.15, 0.2) is 0 Å². The van der Waals surface area contributed by atoms with Crippen molar-refractivity contribution in [2.45, 2.75) is 58.8 Å². The standard InChI is InChI=1S/C21H25BFNO4/c1-14(25)11-15-7-6-8-16(19(15)23)12-24-13-17(9-10-18(24)26)22-27-20(2,3)21(4,5)28-22/h6-10,13H,11-12H2,1-5H3. The van der Waals surface area contributed by atoms with Crippen LogP contribution >= 0.6 is 0 Å². The quantitative estimate of drug-likeness (QED) is 0.743. The van der Waals surface area contributed by atoms with Crippen molar-refractivity contribution >= 4 is 18.4 Å². The molecule has 3 rings (SSSR count). The van der Waals surface area contributed by atoms with Crippen LogP contribution in [0.2, 0.25) is 0 Å². The van der Waals surface area contributed by atoms with E-state index in [0.717, 1.165) is 0 Å². The normalized spacial score (nSPS) is 17.7. The highest BCUT2D eigenvalue weighted by Gasteiger charge is 2.51. The number of halogens is 1. The summed E-state index contributed by atoms with van der Waals surface area (Å²) in [4.78, 5) is 23.7. The molecule has 0 saturated carbocycles. The van der Waals surface area contributed by atoms with E-state index in [-0.39, 0.29) is 24.3 Å². The van der Waals surface area contributed by atoms with Gasteiger partial charge in [0.05, 0.1) is 17.7 Å². The number of aromatic nitrogens is 1. The predicted molar refractivity (Wildman–Crippen MR) is 106 cm³/mol. The zero-order chi connectivity index (χ0) is 20.7. The molecule has 1 aliphatic heterocycles. The zero-order valence-electron chi connectivity index (χ0n) is 16.9. The van der Waals surface area contributed by atoms with Gasteiger partial charge in [-0.1, -0.05) is 24.3 Å². The summed E-state index contributed by atoms with van der Waals surface area (Å²) in [7, 11) is -0.606. The van der Waals surface area contributed by atoms with Crippen LogP contribution < -0.4 is 11.0 Å². The van der Waals surface area contributed by atoms with Crippen LogP contribution in [0.3, 0.4) is 0 Å². The number of carbonyl (C=O) groups is 1. The fourth-order valence-corrected chi connectivity index (χ4v) is 3.14. The number of ketones is 1. The predicted octanol–water partition coefficient (Wildman–Crippen LogP) is 2.47. The van der Waals surface area contributed by atoms with E-state index in [0.29, 0.717) is 16.6 Å². The molecule has 2 heterocycles. The molecule has 1 aliphatic rings. The van der Waals surface area contributed by atoms with Gasteiger partial charge >= 0.3 is 7.12 Å². The first kappa shape index (κ1) is 20.5. The summed E-state index contributed by atoms with van der Waals surface area (Å²) in [6, 6.07) is 8.00. The summed E-state index contributed by atoms with van der Waals surface area (Å²) in [5.74, 6) is -0.568. The van der Waals surface area contributed by atoms with Crippen LogP contribution in [0.5, 0.6) is 0 Å². The van der Waals surface area contributed by atoms with Crippen molar-refractivity contribution in [2.75, 3.05) is 0 Å². The molecule has 148 valence electrons. The smallest absolute Gasteiger partial charge is 0.399 e. The highest BCUT2D eigenvalue weighted by Crippen LogP contribution is 2.36. The van der Waals surface area contributed by atoms with Gasteiger partial charge in [-0.25, -0.2) is 4.39 Å². The van der Waals surface area contributed by atoms with Crippen molar-refractivity contribution in [2.24, 2.45) is 0 Å². The Balaban J connectivity index is 1.90. The Bertz CT molecular complexity index is 951. The molecule has 0 amide bonds. The second-order valence-corrected chi connectivity index (χ2v) is 8.29. The van der Waals surface area contributed by atoms with Gasteiger partial charge in [0.2, 0.25) is 0 Å². The minimum atomic E-state index is -0.606. The van der Waals surface area contributed by atoms with Crippen LogP contribution in [0.25, 0.3) is 0 Å². The second kappa shape index (κ2) is 7.30. The Morgan fingerprint density at radius 1 is 1.07 bits per heavy atom. The van der Waals surface area contributed by atoms with Gasteiger partial charge in [-0.2, -0.15) is 0 Å². The second-order valence-electron chi connectivity index (χ2n) is 8.29. The van der Waals surface area contributed by atoms with Gasteiger partial charge in [-0.3, -0.25) is 9.59 Å². The van der Waals surface area contributed by atoms with E-state index < -0.39 is 24.1 Å². The number of Topliss-reactive ketones (excluding diaryl/α,β-unsaturated/α-hetero) is 1. The van der Waals surface area contributed by atoms with Gasteiger partial charge in [-0.15, -0.1) is 0 Å². The van der Waals surface area contributed by atoms with E-state index in [9.17, 15) is 14.0 Å². The summed E-state index contributed by atoms with van der Waals surface area (Å²) >= 11 is 0. The summed E-state index contributed by atoms with van der Waals surface area (Å²) in [6.07, 6.45) is 1.67. The highest BCUT2D eigenvalue weighted by atomic mass is 19.1. The van der Waals surface area contributed by atoms with Crippen LogP contribution in [0.4, 0.5) is 4.39 Å². The first-order valence-electron chi connectivity index (χ1n) is 9.32. The number of rotatable bonds is 5. The summed E-state index contributed by atoms with van der Waals surface area (Å²) in [6.45, 7) is 9.31. The molecule has 7 heteroatoms. The molecule has 0 bridgehead atoms. The minimum absolute atomic E-state index is 0.0303. The van der Waals surface area contributed by atoms with Crippen molar-refractivity contribution in [1.29, 1.82) is 0 Å². The Labute approximate surface area is 164 Å². The third-order valence-corrected chi connectivity index (χ3v) is 5.47. The molecule has 1 fully saturated rings. The molecule has 1 saturated heterocycles. The van der Waals surface area contributed by atoms with Crippen molar-refractivity contribution in [3.05, 3.63) is 63.8 Å². The fourth-order valence-electron chi connectivity index (χ4n) is 3.14. The van der Waals surface area contributed by atoms with E-state index in [1.165, 1.54) is 17.6 Å². The monoisotopic (exact) mass is 385 g/mol. The van der Waals surface area contributed by atoms with Crippen LogP contribution in [0.1, 0.15) is 45.7 Å². The fraction of sp³-hybridized carbons (Fsp3) is 0.429. The molecular formula is C21H25BFNO4. The average Bonchev–Trinajstić information content (AvgIpc) is 2.80. The number of carbonyl (C=O) groups excluding carboxylic acids is 1. The van der Waals surface area contributed by atoms with E-state index >= 15 is 0 Å². The molecule has 1 aromatic heterocycles. The largest absolute Gasteiger partial charge is 0.496 e. The molecule has 0 N–H and O–H groups in total. The van der Waals surface area contributed by atoms with Crippen molar-refractivity contribution in [1.82, 2.24) is 4.57 Å². The number of nitrogens with zero attached hydrogens (tertiary/aromatic N) is 1. The van der Waals surface area contributed by atoms with E-state index in [2.05, 4.69) is 0 Å². The van der Waals surface area contributed by atoms with Crippen molar-refractivity contribution in [3.8, 4) is 0 Å². The lowest BCUT2D eigenvalue weighted by molar-refractivity contribution is -0.116. The maximum absolute atomic E-state index is 14.7. The first-order valence-corrected chi connectivity index (χ1v) is 9.32. The lowest BCUT2D eigenvalue weighted by Crippen LogP contribution is -2.41. The number of hydrogen-bond acceptors (Lipinski definition) is 4. The van der Waals surface area contributed by atoms with Gasteiger partial charge in [0, 0.05) is 24.2 Å². The topological polar surface area (TPSA) is 57.5 Å². The lowest BCUT2D eigenvalue weighted by Gasteiger charge is -2.32. The van der Waals surface area contributed by atoms with E-state index in [4.69, 9.17) is 9.31 Å². The Morgan fingerprint density at radius 3 is 2.29 bits per heavy atom. The van der Waals surface area contributed by atoms with Crippen LogP contribution in [-0.4, -0.2) is 28.7 Å². The molecule has 0 spiro atoms. The lowest BCUT2D eigenvalue weighted by atomic mass is 9.80. The molecule has 0 aliphatic carbocycles. The third-order valence-electron chi connectivity index (χ3n) is 5.47. The van der Waals surface area contributed by atoms with E-state index in [1.54, 1.807) is 30.5 Å². The molecular weight excluding hydrogens is 360 g/mol. The number of pyridine rings is 1. The van der Waals surface area contributed by atoms with Crippen LogP contribution in [-0.2, 0) is 27.1 Å². The summed E-state index contributed by atoms with van der Waals surface area (Å²) in [5.41, 5.74) is 0.139. The van der Waals surface area contributed by atoms with E-state index in [1.807, 2.05) is 27.7 Å². The first-order chi connectivity index (χ1) is 13.0. The highest BCUT2D eigenvalue weighted by molar-refractivity contribution is 6.62. The van der Waals surface area contributed by atoms with Gasteiger partial charge in [0.25, 0.3) is 5.56 Å². The molecule has 1 aromatic carbocycles. The Hall–Kier alpha value is -2.25. The molecule has 28 heavy (non-hydrogen) atoms. The van der Waals surface area contributed by atoms with Crippen LogP contribution in [0, 0.1) is 5.82 Å². The van der Waals surface area contributed by atoms with Crippen molar-refractivity contribution in [3.63, 3.8) is 0 Å². The molecule has 0 unspecified atom stereocenters. The zero-order valence-corrected chi connectivity index (χ0v) is 16.9. The Kier molecular flexibility index (Phi) is 5.34. The summed E-state index contributed by atoms with van der Waals surface area (Å²) in [5, 5.41) is 0. The van der Waals surface area contributed by atoms with Gasteiger partial charge < -0.3 is 13.9 Å². The van der Waals surface area contributed by atoms with Crippen molar-refractivity contribution < 1.29 is 18.5 Å². The van der Waals surface area contributed by atoms with Gasteiger partial charge in [0.1, 0.15) is 11.6 Å². The maximum atomic E-state index is 14.7. The molecule has 5 nitrogen and oxygen atoms in total. The number of benzene rings is 1. The minimum Gasteiger partial charge on any atom is -0.399 e. The van der Waals surface area contributed by atoms with Gasteiger partial charge in [-0.05, 0) is 45.6 Å².